The Bertz CT molecular complexity index is 565. The number of hydrogen-bond acceptors (Lipinski definition) is 4. The molecule has 1 aliphatic heterocycles. The van der Waals surface area contributed by atoms with Gasteiger partial charge in [0.2, 0.25) is 0 Å². The predicted octanol–water partition coefficient (Wildman–Crippen LogP) is 2.21. The fraction of sp³-hybridized carbons (Fsp3) is 0.353. The molecule has 0 radical (unpaired) electrons. The van der Waals surface area contributed by atoms with Crippen molar-refractivity contribution in [1.29, 1.82) is 0 Å². The molecule has 1 aromatic heterocycles. The highest BCUT2D eigenvalue weighted by atomic mass is 16.5. The summed E-state index contributed by atoms with van der Waals surface area (Å²) >= 11 is 0. The quantitative estimate of drug-likeness (QED) is 0.933. The van der Waals surface area contributed by atoms with Crippen molar-refractivity contribution in [1.82, 2.24) is 15.2 Å². The van der Waals surface area contributed by atoms with E-state index in [0.29, 0.717) is 6.61 Å². The minimum atomic E-state index is 0.132. The molecule has 2 aromatic rings. The van der Waals surface area contributed by atoms with Crippen LogP contribution in [0.3, 0.4) is 0 Å². The van der Waals surface area contributed by atoms with E-state index in [9.17, 15) is 0 Å². The van der Waals surface area contributed by atoms with Crippen molar-refractivity contribution in [2.45, 2.75) is 12.6 Å². The summed E-state index contributed by atoms with van der Waals surface area (Å²) in [5, 5.41) is 3.64. The molecular formula is C17H21N3O. The van der Waals surface area contributed by atoms with Crippen LogP contribution in [-0.2, 0) is 6.61 Å². The van der Waals surface area contributed by atoms with Crippen LogP contribution >= 0.6 is 0 Å². The molecule has 1 aromatic carbocycles. The lowest BCUT2D eigenvalue weighted by atomic mass is 9.97. The van der Waals surface area contributed by atoms with Crippen LogP contribution in [0.5, 0.6) is 5.75 Å². The summed E-state index contributed by atoms with van der Waals surface area (Å²) in [4.78, 5) is 6.66. The molecule has 0 fully saturated rings. The number of rotatable bonds is 4. The fourth-order valence-electron chi connectivity index (χ4n) is 2.65. The highest BCUT2D eigenvalue weighted by molar-refractivity contribution is 5.44. The first-order chi connectivity index (χ1) is 10.3. The molecule has 0 saturated heterocycles. The van der Waals surface area contributed by atoms with Crippen molar-refractivity contribution in [3.8, 4) is 5.75 Å². The number of hydrogen-bond donors (Lipinski definition) is 1. The zero-order valence-corrected chi connectivity index (χ0v) is 12.5. The summed E-state index contributed by atoms with van der Waals surface area (Å²) in [6.07, 6.45) is 1.83. The Morgan fingerprint density at radius 1 is 1.19 bits per heavy atom. The number of para-hydroxylation sites is 1. The SMILES string of the molecule is CN(C)CCNC1c2ccccc2OCc2ncccc21. The minimum absolute atomic E-state index is 0.132. The first kappa shape index (κ1) is 14.0. The summed E-state index contributed by atoms with van der Waals surface area (Å²) in [6, 6.07) is 12.5. The summed E-state index contributed by atoms with van der Waals surface area (Å²) in [6.45, 7) is 2.44. The van der Waals surface area contributed by atoms with E-state index in [-0.39, 0.29) is 6.04 Å². The van der Waals surface area contributed by atoms with Gasteiger partial charge >= 0.3 is 0 Å². The monoisotopic (exact) mass is 283 g/mol. The second-order valence-corrected chi connectivity index (χ2v) is 5.56. The Morgan fingerprint density at radius 3 is 2.86 bits per heavy atom. The first-order valence-electron chi connectivity index (χ1n) is 7.29. The van der Waals surface area contributed by atoms with E-state index in [1.54, 1.807) is 0 Å². The highest BCUT2D eigenvalue weighted by Gasteiger charge is 2.24. The van der Waals surface area contributed by atoms with E-state index < -0.39 is 0 Å². The van der Waals surface area contributed by atoms with E-state index in [1.807, 2.05) is 24.4 Å². The van der Waals surface area contributed by atoms with E-state index in [4.69, 9.17) is 4.74 Å². The van der Waals surface area contributed by atoms with E-state index >= 15 is 0 Å². The van der Waals surface area contributed by atoms with Gasteiger partial charge in [-0.15, -0.1) is 0 Å². The number of likely N-dealkylation sites (N-methyl/N-ethyl adjacent to an activating group) is 1. The number of nitrogens with zero attached hydrogens (tertiary/aromatic N) is 2. The Labute approximate surface area is 125 Å². The number of benzene rings is 1. The maximum absolute atomic E-state index is 5.92. The van der Waals surface area contributed by atoms with Crippen LogP contribution in [0.15, 0.2) is 42.6 Å². The van der Waals surface area contributed by atoms with Gasteiger partial charge < -0.3 is 15.0 Å². The van der Waals surface area contributed by atoms with Crippen molar-refractivity contribution < 1.29 is 4.74 Å². The summed E-state index contributed by atoms with van der Waals surface area (Å²) in [5.74, 6) is 0.942. The van der Waals surface area contributed by atoms with Crippen molar-refractivity contribution in [2.75, 3.05) is 27.2 Å². The molecule has 1 atom stereocenters. The lowest BCUT2D eigenvalue weighted by Gasteiger charge is -2.21. The molecule has 0 bridgehead atoms. The maximum Gasteiger partial charge on any atom is 0.131 e. The van der Waals surface area contributed by atoms with Crippen LogP contribution in [0.25, 0.3) is 0 Å². The Morgan fingerprint density at radius 2 is 2.00 bits per heavy atom. The maximum atomic E-state index is 5.92. The van der Waals surface area contributed by atoms with Crippen molar-refractivity contribution in [2.24, 2.45) is 0 Å². The van der Waals surface area contributed by atoms with Crippen molar-refractivity contribution in [3.05, 3.63) is 59.4 Å². The summed E-state index contributed by atoms with van der Waals surface area (Å²) < 4.78 is 5.92. The van der Waals surface area contributed by atoms with Crippen LogP contribution in [0.1, 0.15) is 22.9 Å². The zero-order valence-electron chi connectivity index (χ0n) is 12.5. The Balaban J connectivity index is 1.95. The van der Waals surface area contributed by atoms with Crippen molar-refractivity contribution in [3.63, 3.8) is 0 Å². The van der Waals surface area contributed by atoms with Crippen LogP contribution < -0.4 is 10.1 Å². The average molecular weight is 283 g/mol. The van der Waals surface area contributed by atoms with E-state index in [1.165, 1.54) is 11.1 Å². The Hall–Kier alpha value is -1.91. The molecule has 0 amide bonds. The molecular weight excluding hydrogens is 262 g/mol. The van der Waals surface area contributed by atoms with Gasteiger partial charge in [0.15, 0.2) is 0 Å². The molecule has 1 unspecified atom stereocenters. The third-order valence-corrected chi connectivity index (χ3v) is 3.74. The van der Waals surface area contributed by atoms with E-state index in [0.717, 1.165) is 24.5 Å². The van der Waals surface area contributed by atoms with Crippen LogP contribution in [-0.4, -0.2) is 37.1 Å². The topological polar surface area (TPSA) is 37.4 Å². The molecule has 4 heteroatoms. The molecule has 1 N–H and O–H groups in total. The third kappa shape index (κ3) is 3.06. The number of pyridine rings is 1. The van der Waals surface area contributed by atoms with Gasteiger partial charge in [-0.05, 0) is 31.8 Å². The molecule has 21 heavy (non-hydrogen) atoms. The van der Waals surface area contributed by atoms with E-state index in [2.05, 4.69) is 47.5 Å². The number of fused-ring (bicyclic) bond motifs is 2. The second kappa shape index (κ2) is 6.24. The van der Waals surface area contributed by atoms with Gasteiger partial charge in [0.1, 0.15) is 12.4 Å². The third-order valence-electron chi connectivity index (χ3n) is 3.74. The molecule has 4 nitrogen and oxygen atoms in total. The van der Waals surface area contributed by atoms with Gasteiger partial charge in [-0.3, -0.25) is 4.98 Å². The largest absolute Gasteiger partial charge is 0.487 e. The lowest BCUT2D eigenvalue weighted by molar-refractivity contribution is 0.302. The zero-order chi connectivity index (χ0) is 14.7. The number of nitrogens with one attached hydrogen (secondary N) is 1. The molecule has 110 valence electrons. The van der Waals surface area contributed by atoms with Crippen LogP contribution in [0.2, 0.25) is 0 Å². The lowest BCUT2D eigenvalue weighted by Crippen LogP contribution is -2.30. The number of aromatic nitrogens is 1. The van der Waals surface area contributed by atoms with Crippen molar-refractivity contribution >= 4 is 0 Å². The van der Waals surface area contributed by atoms with Crippen LogP contribution in [0, 0.1) is 0 Å². The number of ether oxygens (including phenoxy) is 1. The average Bonchev–Trinajstić information content (AvgIpc) is 2.65. The fourth-order valence-corrected chi connectivity index (χ4v) is 2.65. The predicted molar refractivity (Wildman–Crippen MR) is 83.4 cm³/mol. The van der Waals surface area contributed by atoms with Gasteiger partial charge in [-0.1, -0.05) is 24.3 Å². The van der Waals surface area contributed by atoms with Gasteiger partial charge in [-0.25, -0.2) is 0 Å². The molecule has 0 saturated carbocycles. The van der Waals surface area contributed by atoms with Gasteiger partial charge in [0.25, 0.3) is 0 Å². The molecule has 1 aliphatic rings. The highest BCUT2D eigenvalue weighted by Crippen LogP contribution is 2.34. The molecule has 3 rings (SSSR count). The summed E-state index contributed by atoms with van der Waals surface area (Å²) in [7, 11) is 4.17. The first-order valence-corrected chi connectivity index (χ1v) is 7.29. The minimum Gasteiger partial charge on any atom is -0.487 e. The van der Waals surface area contributed by atoms with Gasteiger partial charge in [0, 0.05) is 24.8 Å². The second-order valence-electron chi connectivity index (χ2n) is 5.56. The standard InChI is InChI=1S/C17H21N3O/c1-20(2)11-10-19-17-13-7-5-9-18-15(13)12-21-16-8-4-3-6-14(16)17/h3-9,17,19H,10-12H2,1-2H3. The summed E-state index contributed by atoms with van der Waals surface area (Å²) in [5.41, 5.74) is 3.40. The van der Waals surface area contributed by atoms with Crippen LogP contribution in [0.4, 0.5) is 0 Å². The molecule has 2 heterocycles. The normalized spacial score (nSPS) is 16.8. The molecule has 0 spiro atoms. The Kier molecular flexibility index (Phi) is 4.18. The van der Waals surface area contributed by atoms with Gasteiger partial charge in [0.05, 0.1) is 11.7 Å². The molecule has 0 aliphatic carbocycles. The smallest absolute Gasteiger partial charge is 0.131 e. The van der Waals surface area contributed by atoms with Gasteiger partial charge in [-0.2, -0.15) is 0 Å².